The lowest BCUT2D eigenvalue weighted by molar-refractivity contribution is -0.167. The Hall–Kier alpha value is -7.02. The summed E-state index contributed by atoms with van der Waals surface area (Å²) in [6, 6.07) is 25.6. The van der Waals surface area contributed by atoms with Gasteiger partial charge in [-0.15, -0.1) is 0 Å². The van der Waals surface area contributed by atoms with Crippen molar-refractivity contribution in [2.24, 2.45) is 11.8 Å². The summed E-state index contributed by atoms with van der Waals surface area (Å²) >= 11 is 0. The molecular formula is C84H116N4O16S. The second-order valence-electron chi connectivity index (χ2n) is 29.7. The molecule has 574 valence electrons. The zero-order valence-electron chi connectivity index (χ0n) is 64.5. The Morgan fingerprint density at radius 3 is 1.55 bits per heavy atom. The predicted molar refractivity (Wildman–Crippen MR) is 411 cm³/mol. The summed E-state index contributed by atoms with van der Waals surface area (Å²) in [5.74, 6) is -0.190. The van der Waals surface area contributed by atoms with Crippen LogP contribution in [-0.4, -0.2) is 206 Å². The van der Waals surface area contributed by atoms with Gasteiger partial charge in [-0.2, -0.15) is 0 Å². The Bertz CT molecular complexity index is 3810. The van der Waals surface area contributed by atoms with E-state index >= 15 is 0 Å². The number of carbonyl (C=O) groups excluding carboxylic acids is 2. The van der Waals surface area contributed by atoms with Gasteiger partial charge >= 0.3 is 17.9 Å². The van der Waals surface area contributed by atoms with Gasteiger partial charge in [0.1, 0.15) is 71.5 Å². The van der Waals surface area contributed by atoms with Crippen LogP contribution in [0.25, 0.3) is 18.2 Å². The number of hydrogen-bond acceptors (Lipinski definition) is 18. The highest BCUT2D eigenvalue weighted by Crippen LogP contribution is 2.61. The van der Waals surface area contributed by atoms with E-state index in [1.54, 1.807) is 56.7 Å². The van der Waals surface area contributed by atoms with Crippen molar-refractivity contribution in [1.29, 1.82) is 0 Å². The highest BCUT2D eigenvalue weighted by Gasteiger charge is 2.73. The van der Waals surface area contributed by atoms with Crippen LogP contribution in [0, 0.1) is 11.8 Å². The molecule has 1 unspecified atom stereocenters. The number of ether oxygens (including phenoxy) is 10. The first-order valence-electron chi connectivity index (χ1n) is 37.7. The van der Waals surface area contributed by atoms with Gasteiger partial charge in [0.25, 0.3) is 10.0 Å². The lowest BCUT2D eigenvalue weighted by Crippen LogP contribution is -2.55. The standard InChI is InChI=1S/C31H45NO6.C29H41NO6.C24H30N2O4S/c1-7-32(8-2)19-20-35-24-13-10-23(11-14-24)12-16-27(33)37-25-17-18-31(21-36-31)29(28(25)34-6)30(5)26(38-30)15-9-22(3)4;1-20(2)7-13-24-28(3,36-24)27-26(32-6)23(15-16-29(27)19-34-29)35-25(31)14-10-21-8-11-22(12-9-21)33-18-17-30(4)5;1-3-26(4-2)17-9-12-19-11-6-8-14-22(19)31(29,30)25-21-16-15-18-10-5-7-13-20(18)23(21)24(27)28/h9-14,16,25-26,28-29H,7-8,15,17-21H2,1-6H3;7-12,14,23-24,26-27H,13,15-19H2,1-6H3;6,8-9,11-12,14-16,25H,3-5,7,10,13,17H2,1-2H3,(H,27,28)/b16-12+;14-10+;12-9-/t25-,26-,28-,29-,30+,31+;23-,24-,26-,27-,28+,29?;/m11./s1. The molecule has 11 rings (SSSR count). The molecule has 20 nitrogen and oxygen atoms in total. The molecule has 3 aliphatic carbocycles. The first kappa shape index (κ1) is 82.0. The van der Waals surface area contributed by atoms with E-state index in [2.05, 4.69) is 101 Å². The number of nitrogens with one attached hydrogen (secondary N) is 1. The number of aromatic carboxylic acids is 1. The summed E-state index contributed by atoms with van der Waals surface area (Å²) < 4.78 is 88.8. The molecule has 0 aromatic heterocycles. The van der Waals surface area contributed by atoms with Crippen molar-refractivity contribution >= 4 is 51.8 Å². The molecule has 0 radical (unpaired) electrons. The van der Waals surface area contributed by atoms with Crippen LogP contribution in [0.1, 0.15) is 159 Å². The number of carboxylic acids is 1. The van der Waals surface area contributed by atoms with Gasteiger partial charge in [0, 0.05) is 46.0 Å². The number of hydrogen-bond donors (Lipinski definition) is 2. The fraction of sp³-hybridized carbons (Fsp3) is 0.560. The molecule has 4 aromatic rings. The van der Waals surface area contributed by atoms with Gasteiger partial charge < -0.3 is 67.2 Å². The molecule has 2 saturated carbocycles. The summed E-state index contributed by atoms with van der Waals surface area (Å²) in [4.78, 5) is 44.3. The number of benzene rings is 4. The summed E-state index contributed by atoms with van der Waals surface area (Å²) in [5.41, 5.74) is 5.70. The van der Waals surface area contributed by atoms with Gasteiger partial charge in [-0.05, 0) is 222 Å². The molecule has 4 heterocycles. The van der Waals surface area contributed by atoms with E-state index in [1.165, 1.54) is 29.4 Å². The first-order chi connectivity index (χ1) is 50.3. The molecular weight excluding hydrogens is 1350 g/mol. The minimum Gasteiger partial charge on any atom is -0.492 e. The quantitative estimate of drug-likeness (QED) is 0.0195. The van der Waals surface area contributed by atoms with Crippen molar-refractivity contribution in [1.82, 2.24) is 14.7 Å². The maximum absolute atomic E-state index is 13.2. The lowest BCUT2D eigenvalue weighted by atomic mass is 9.68. The zero-order valence-corrected chi connectivity index (χ0v) is 65.3. The number of carbonyl (C=O) groups is 3. The highest BCUT2D eigenvalue weighted by molar-refractivity contribution is 7.92. The van der Waals surface area contributed by atoms with Crippen molar-refractivity contribution in [2.75, 3.05) is 105 Å². The third-order valence-electron chi connectivity index (χ3n) is 21.7. The number of aryl methyl sites for hydroxylation is 1. The van der Waals surface area contributed by atoms with E-state index in [-0.39, 0.29) is 98.9 Å². The number of fused-ring (bicyclic) bond motifs is 1. The van der Waals surface area contributed by atoms with Crippen molar-refractivity contribution < 1.29 is 75.3 Å². The fourth-order valence-corrected chi connectivity index (χ4v) is 16.7. The summed E-state index contributed by atoms with van der Waals surface area (Å²) in [6.45, 7) is 30.2. The number of esters is 2. The van der Waals surface area contributed by atoms with Crippen LogP contribution in [0.15, 0.2) is 131 Å². The van der Waals surface area contributed by atoms with E-state index in [0.29, 0.717) is 51.3 Å². The zero-order chi connectivity index (χ0) is 75.7. The lowest BCUT2D eigenvalue weighted by Gasteiger charge is -2.42. The monoisotopic (exact) mass is 1470 g/mol. The normalized spacial score (nSPS) is 27.1. The van der Waals surface area contributed by atoms with Gasteiger partial charge in [0.2, 0.25) is 0 Å². The van der Waals surface area contributed by atoms with E-state index in [0.717, 1.165) is 125 Å². The molecule has 0 amide bonds. The number of epoxide rings is 4. The van der Waals surface area contributed by atoms with Crippen LogP contribution >= 0.6 is 0 Å². The average Bonchev–Trinajstić information content (AvgIpc) is 1.54. The van der Waals surface area contributed by atoms with Gasteiger partial charge in [-0.1, -0.05) is 112 Å². The molecule has 2 N–H and O–H groups in total. The van der Waals surface area contributed by atoms with Gasteiger partial charge in [-0.25, -0.2) is 22.8 Å². The molecule has 4 aliphatic heterocycles. The van der Waals surface area contributed by atoms with E-state index in [9.17, 15) is 27.9 Å². The van der Waals surface area contributed by atoms with E-state index in [1.807, 2.05) is 74.8 Å². The molecule has 4 saturated heterocycles. The van der Waals surface area contributed by atoms with Crippen LogP contribution in [-0.2, 0) is 70.3 Å². The predicted octanol–water partition coefficient (Wildman–Crippen LogP) is 13.7. The number of methoxy groups -OCH3 is 2. The summed E-state index contributed by atoms with van der Waals surface area (Å²) in [7, 11) is 3.44. The molecule has 105 heavy (non-hydrogen) atoms. The maximum atomic E-state index is 13.2. The topological polar surface area (TPSA) is 233 Å². The number of allylic oxidation sites excluding steroid dienone is 2. The van der Waals surface area contributed by atoms with E-state index in [4.69, 9.17) is 47.4 Å². The number of likely N-dealkylation sites (N-methyl/N-ethyl adjacent to an activating group) is 3. The minimum atomic E-state index is -3.97. The SMILES string of the molecule is CCN(CC)C/C=C\c1ccccc1S(=O)(=O)Nc1ccc2c(c1C(=O)O)CCCC2.CCN(CC)CCOc1ccc(/C=C/C(=O)O[C@@H]2CC[C@]3(CO3)[C@@H]([C@@]3(C)O[C@@H]3CC=C(C)C)[C@@H]2OC)cc1.CO[C@@H]1[C@H](OC(=O)/C=C/c2ccc(OCCN(C)C)cc2)CCC2(CO2)[C@H]1[C@@]1(C)O[C@@H]1CC=C(C)C. The largest absolute Gasteiger partial charge is 0.492 e. The Morgan fingerprint density at radius 2 is 1.10 bits per heavy atom. The fourth-order valence-electron chi connectivity index (χ4n) is 15.4. The van der Waals surface area contributed by atoms with Crippen LogP contribution < -0.4 is 14.2 Å². The van der Waals surface area contributed by atoms with Crippen molar-refractivity contribution in [3.8, 4) is 11.5 Å². The molecule has 0 bridgehead atoms. The second-order valence-corrected chi connectivity index (χ2v) is 31.4. The van der Waals surface area contributed by atoms with Gasteiger partial charge in [0.15, 0.2) is 0 Å². The van der Waals surface area contributed by atoms with Crippen LogP contribution in [0.4, 0.5) is 5.69 Å². The Kier molecular flexibility index (Phi) is 29.1. The second kappa shape index (κ2) is 37.2. The Labute approximate surface area is 624 Å². The molecule has 21 heteroatoms. The Balaban J connectivity index is 0.000000183. The first-order valence-corrected chi connectivity index (χ1v) is 39.2. The van der Waals surface area contributed by atoms with Crippen molar-refractivity contribution in [3.63, 3.8) is 0 Å². The molecule has 12 atom stereocenters. The molecule has 7 aliphatic rings. The summed E-state index contributed by atoms with van der Waals surface area (Å²) in [5, 5.41) is 9.81. The number of anilines is 1. The van der Waals surface area contributed by atoms with Crippen molar-refractivity contribution in [3.05, 3.63) is 160 Å². The third kappa shape index (κ3) is 21.7. The average molecular weight is 1470 g/mol. The third-order valence-corrected chi connectivity index (χ3v) is 23.2. The number of sulfonamides is 1. The van der Waals surface area contributed by atoms with Gasteiger partial charge in [-0.3, -0.25) is 4.72 Å². The van der Waals surface area contributed by atoms with Crippen LogP contribution in [0.3, 0.4) is 0 Å². The number of carboxylic acid groups (broad SMARTS) is 1. The Morgan fingerprint density at radius 1 is 0.629 bits per heavy atom. The molecule has 6 fully saturated rings. The van der Waals surface area contributed by atoms with Crippen LogP contribution in [0.5, 0.6) is 11.5 Å². The minimum absolute atomic E-state index is 0.0142. The molecule has 4 aromatic carbocycles. The smallest absolute Gasteiger partial charge is 0.338 e. The highest BCUT2D eigenvalue weighted by atomic mass is 32.2. The molecule has 2 spiro atoms. The van der Waals surface area contributed by atoms with E-state index < -0.39 is 16.0 Å². The van der Waals surface area contributed by atoms with Crippen molar-refractivity contribution in [2.45, 2.75) is 197 Å². The maximum Gasteiger partial charge on any atom is 0.338 e. The summed E-state index contributed by atoms with van der Waals surface area (Å²) in [6.07, 6.45) is 21.9. The number of rotatable bonds is 33. The van der Waals surface area contributed by atoms with Gasteiger partial charge in [0.05, 0.1) is 53.4 Å². The van der Waals surface area contributed by atoms with Crippen LogP contribution in [0.2, 0.25) is 0 Å². The number of nitrogens with zero attached hydrogens (tertiary/aromatic N) is 3.